The lowest BCUT2D eigenvalue weighted by atomic mass is 10.1. The third-order valence-electron chi connectivity index (χ3n) is 2.97. The molecule has 1 aromatic heterocycles. The normalized spacial score (nSPS) is 10.3. The Bertz CT molecular complexity index is 625. The summed E-state index contributed by atoms with van der Waals surface area (Å²) in [7, 11) is 1.79. The molecule has 4 heteroatoms. The van der Waals surface area contributed by atoms with Crippen LogP contribution in [0.25, 0.3) is 0 Å². The zero-order chi connectivity index (χ0) is 14.0. The Morgan fingerprint density at radius 3 is 2.58 bits per heavy atom. The van der Waals surface area contributed by atoms with Gasteiger partial charge in [0.15, 0.2) is 0 Å². The minimum absolute atomic E-state index is 0.0316. The van der Waals surface area contributed by atoms with Crippen molar-refractivity contribution in [2.75, 3.05) is 11.9 Å². The van der Waals surface area contributed by atoms with E-state index >= 15 is 0 Å². The van der Waals surface area contributed by atoms with Crippen molar-refractivity contribution in [1.82, 2.24) is 4.98 Å². The van der Waals surface area contributed by atoms with Gasteiger partial charge in [0.25, 0.3) is 5.91 Å². The van der Waals surface area contributed by atoms with Crippen LogP contribution in [0.5, 0.6) is 0 Å². The lowest BCUT2D eigenvalue weighted by molar-refractivity contribution is 0.0992. The van der Waals surface area contributed by atoms with Gasteiger partial charge in [-0.05, 0) is 49.7 Å². The number of anilines is 1. The quantitative estimate of drug-likeness (QED) is 0.845. The fraction of sp³-hybridized carbons (Fsp3) is 0.200. The van der Waals surface area contributed by atoms with Crippen LogP contribution < -0.4 is 4.90 Å². The molecule has 3 nitrogen and oxygen atoms in total. The van der Waals surface area contributed by atoms with Gasteiger partial charge >= 0.3 is 0 Å². The summed E-state index contributed by atoms with van der Waals surface area (Å²) in [5.41, 5.74) is 3.45. The first-order valence-corrected chi connectivity index (χ1v) is 6.75. The van der Waals surface area contributed by atoms with E-state index in [9.17, 15) is 4.79 Å². The fourth-order valence-corrected chi connectivity index (χ4v) is 2.45. The van der Waals surface area contributed by atoms with Crippen LogP contribution in [0.3, 0.4) is 0 Å². The number of aromatic nitrogens is 1. The Kier molecular flexibility index (Phi) is 4.00. The third-order valence-corrected chi connectivity index (χ3v) is 3.46. The molecule has 0 atom stereocenters. The van der Waals surface area contributed by atoms with Gasteiger partial charge in [-0.1, -0.05) is 15.9 Å². The van der Waals surface area contributed by atoms with E-state index in [1.165, 1.54) is 0 Å². The molecular formula is C15H15BrN2O. The van der Waals surface area contributed by atoms with E-state index in [2.05, 4.69) is 20.9 Å². The molecule has 0 spiro atoms. The van der Waals surface area contributed by atoms with Crippen LogP contribution in [0.15, 0.2) is 41.0 Å². The van der Waals surface area contributed by atoms with Gasteiger partial charge in [0, 0.05) is 34.7 Å². The van der Waals surface area contributed by atoms with E-state index in [1.807, 2.05) is 32.0 Å². The lowest BCUT2D eigenvalue weighted by Gasteiger charge is -2.20. The number of halogens is 1. The molecule has 1 amide bonds. The molecule has 0 saturated carbocycles. The number of amides is 1. The average molecular weight is 319 g/mol. The number of hydrogen-bond acceptors (Lipinski definition) is 2. The van der Waals surface area contributed by atoms with E-state index in [0.29, 0.717) is 5.56 Å². The van der Waals surface area contributed by atoms with Crippen molar-refractivity contribution in [1.29, 1.82) is 0 Å². The highest BCUT2D eigenvalue weighted by Crippen LogP contribution is 2.24. The van der Waals surface area contributed by atoms with Gasteiger partial charge < -0.3 is 4.90 Å². The molecule has 0 aliphatic heterocycles. The number of pyridine rings is 1. The number of aryl methyl sites for hydroxylation is 2. The van der Waals surface area contributed by atoms with Gasteiger partial charge in [-0.2, -0.15) is 0 Å². The van der Waals surface area contributed by atoms with E-state index < -0.39 is 0 Å². The van der Waals surface area contributed by atoms with Gasteiger partial charge in [0.1, 0.15) is 0 Å². The van der Waals surface area contributed by atoms with Crippen LogP contribution >= 0.6 is 15.9 Å². The molecule has 0 saturated heterocycles. The number of hydrogen-bond donors (Lipinski definition) is 0. The monoisotopic (exact) mass is 318 g/mol. The largest absolute Gasteiger partial charge is 0.311 e. The number of nitrogens with zero attached hydrogens (tertiary/aromatic N) is 2. The van der Waals surface area contributed by atoms with Crippen LogP contribution in [0.2, 0.25) is 0 Å². The Morgan fingerprint density at radius 2 is 1.95 bits per heavy atom. The maximum atomic E-state index is 12.4. The van der Waals surface area contributed by atoms with Crippen molar-refractivity contribution in [3.05, 3.63) is 57.8 Å². The molecule has 0 aliphatic rings. The predicted octanol–water partition coefficient (Wildman–Crippen LogP) is 3.74. The van der Waals surface area contributed by atoms with Crippen molar-refractivity contribution in [3.63, 3.8) is 0 Å². The standard InChI is InChI=1S/C15H15BrN2O/c1-10-8-13(16)4-5-14(10)18(3)15(19)12-6-7-17-11(2)9-12/h4-9H,1-3H3. The number of carbonyl (C=O) groups is 1. The highest BCUT2D eigenvalue weighted by atomic mass is 79.9. The SMILES string of the molecule is Cc1cc(C(=O)N(C)c2ccc(Br)cc2C)ccn1. The number of carbonyl (C=O) groups excluding carboxylic acids is 1. The van der Waals surface area contributed by atoms with E-state index in [4.69, 9.17) is 0 Å². The second-order valence-electron chi connectivity index (χ2n) is 4.48. The molecule has 98 valence electrons. The topological polar surface area (TPSA) is 33.2 Å². The Labute approximate surface area is 121 Å². The smallest absolute Gasteiger partial charge is 0.258 e. The zero-order valence-electron chi connectivity index (χ0n) is 11.1. The minimum atomic E-state index is -0.0316. The van der Waals surface area contributed by atoms with Crippen molar-refractivity contribution in [3.8, 4) is 0 Å². The van der Waals surface area contributed by atoms with Gasteiger partial charge in [0.05, 0.1) is 0 Å². The summed E-state index contributed by atoms with van der Waals surface area (Å²) in [6, 6.07) is 9.40. The summed E-state index contributed by atoms with van der Waals surface area (Å²) in [5, 5.41) is 0. The van der Waals surface area contributed by atoms with Gasteiger partial charge in [-0.3, -0.25) is 9.78 Å². The van der Waals surface area contributed by atoms with Crippen LogP contribution in [-0.2, 0) is 0 Å². The van der Waals surface area contributed by atoms with Gasteiger partial charge in [-0.25, -0.2) is 0 Å². The summed E-state index contributed by atoms with van der Waals surface area (Å²) in [6.45, 7) is 3.86. The fourth-order valence-electron chi connectivity index (χ4n) is 1.98. The molecule has 1 heterocycles. The Morgan fingerprint density at radius 1 is 1.21 bits per heavy atom. The Balaban J connectivity index is 2.33. The second-order valence-corrected chi connectivity index (χ2v) is 5.40. The van der Waals surface area contributed by atoms with Crippen LogP contribution in [0.4, 0.5) is 5.69 Å². The number of rotatable bonds is 2. The van der Waals surface area contributed by atoms with E-state index in [1.54, 1.807) is 30.3 Å². The second kappa shape index (κ2) is 5.53. The summed E-state index contributed by atoms with van der Waals surface area (Å²) in [4.78, 5) is 18.2. The summed E-state index contributed by atoms with van der Waals surface area (Å²) in [6.07, 6.45) is 1.66. The molecule has 0 bridgehead atoms. The molecule has 0 radical (unpaired) electrons. The van der Waals surface area contributed by atoms with E-state index in [-0.39, 0.29) is 5.91 Å². The Hall–Kier alpha value is -1.68. The highest BCUT2D eigenvalue weighted by Gasteiger charge is 2.15. The summed E-state index contributed by atoms with van der Waals surface area (Å²) < 4.78 is 1.01. The molecule has 0 N–H and O–H groups in total. The minimum Gasteiger partial charge on any atom is -0.311 e. The first-order valence-electron chi connectivity index (χ1n) is 5.96. The lowest BCUT2D eigenvalue weighted by Crippen LogP contribution is -2.27. The van der Waals surface area contributed by atoms with Crippen molar-refractivity contribution in [2.45, 2.75) is 13.8 Å². The highest BCUT2D eigenvalue weighted by molar-refractivity contribution is 9.10. The predicted molar refractivity (Wildman–Crippen MR) is 80.6 cm³/mol. The first-order chi connectivity index (χ1) is 8.99. The molecule has 0 aliphatic carbocycles. The molecule has 2 aromatic rings. The van der Waals surface area contributed by atoms with E-state index in [0.717, 1.165) is 21.4 Å². The molecule has 1 aromatic carbocycles. The molecule has 0 unspecified atom stereocenters. The maximum Gasteiger partial charge on any atom is 0.258 e. The molecule has 19 heavy (non-hydrogen) atoms. The maximum absolute atomic E-state index is 12.4. The van der Waals surface area contributed by atoms with Gasteiger partial charge in [0.2, 0.25) is 0 Å². The average Bonchev–Trinajstić information content (AvgIpc) is 2.37. The first kappa shape index (κ1) is 13.7. The van der Waals surface area contributed by atoms with Gasteiger partial charge in [-0.15, -0.1) is 0 Å². The van der Waals surface area contributed by atoms with Crippen molar-refractivity contribution in [2.24, 2.45) is 0 Å². The number of benzene rings is 1. The molecular weight excluding hydrogens is 304 g/mol. The van der Waals surface area contributed by atoms with Crippen molar-refractivity contribution >= 4 is 27.5 Å². The molecule has 0 fully saturated rings. The van der Waals surface area contributed by atoms with Crippen LogP contribution in [-0.4, -0.2) is 17.9 Å². The summed E-state index contributed by atoms with van der Waals surface area (Å²) >= 11 is 3.43. The van der Waals surface area contributed by atoms with Crippen LogP contribution in [0, 0.1) is 13.8 Å². The summed E-state index contributed by atoms with van der Waals surface area (Å²) in [5.74, 6) is -0.0316. The van der Waals surface area contributed by atoms with Crippen molar-refractivity contribution < 1.29 is 4.79 Å². The molecule has 2 rings (SSSR count). The third kappa shape index (κ3) is 3.01. The van der Waals surface area contributed by atoms with Crippen LogP contribution in [0.1, 0.15) is 21.6 Å². The zero-order valence-corrected chi connectivity index (χ0v) is 12.7.